The van der Waals surface area contributed by atoms with Gasteiger partial charge in [-0.25, -0.2) is 22.2 Å². The number of nitro benzene ring substituents is 1. The molecule has 12 heteroatoms. The summed E-state index contributed by atoms with van der Waals surface area (Å²) in [7, 11) is -3.86. The van der Waals surface area contributed by atoms with E-state index in [1.807, 2.05) is 0 Å². The van der Waals surface area contributed by atoms with Crippen LogP contribution in [0.2, 0.25) is 0 Å². The highest BCUT2D eigenvalue weighted by Crippen LogP contribution is 2.36. The fraction of sp³-hybridized carbons (Fsp3) is 0.235. The number of nitrogens with zero attached hydrogens (tertiary/aromatic N) is 3. The lowest BCUT2D eigenvalue weighted by Crippen LogP contribution is -2.30. The average Bonchev–Trinajstić information content (AvgIpc) is 3.03. The molecule has 0 atom stereocenters. The first-order chi connectivity index (χ1) is 13.7. The highest BCUT2D eigenvalue weighted by molar-refractivity contribution is 7.99. The van der Waals surface area contributed by atoms with Crippen LogP contribution in [-0.2, 0) is 10.0 Å². The number of imidazole rings is 1. The summed E-state index contributed by atoms with van der Waals surface area (Å²) in [4.78, 5) is 17.6. The number of halogens is 2. The van der Waals surface area contributed by atoms with Crippen LogP contribution >= 0.6 is 11.8 Å². The molecule has 3 aromatic rings. The number of sulfonamides is 1. The number of nitro groups is 1. The van der Waals surface area contributed by atoms with Crippen LogP contribution in [0.5, 0.6) is 0 Å². The van der Waals surface area contributed by atoms with Crippen molar-refractivity contribution in [1.29, 1.82) is 0 Å². The molecule has 1 heterocycles. The lowest BCUT2D eigenvalue weighted by atomic mass is 10.3. The molecular formula is C17H16F2N4O4S2. The molecule has 1 aromatic heterocycles. The molecule has 0 saturated carbocycles. The quantitative estimate of drug-likeness (QED) is 0.439. The monoisotopic (exact) mass is 442 g/mol. The van der Waals surface area contributed by atoms with Crippen molar-refractivity contribution in [3.05, 3.63) is 52.1 Å². The minimum absolute atomic E-state index is 0.133. The Morgan fingerprint density at radius 1 is 1.17 bits per heavy atom. The molecule has 1 N–H and O–H groups in total. The first-order valence-electron chi connectivity index (χ1n) is 8.48. The summed E-state index contributed by atoms with van der Waals surface area (Å²) in [5, 5.41) is 11.7. The number of benzene rings is 2. The fourth-order valence-electron chi connectivity index (χ4n) is 2.73. The third-order valence-corrected chi connectivity index (χ3v) is 7.18. The van der Waals surface area contributed by atoms with Crippen molar-refractivity contribution in [2.75, 3.05) is 13.1 Å². The molecule has 154 valence electrons. The van der Waals surface area contributed by atoms with Gasteiger partial charge in [0.25, 0.3) is 5.69 Å². The second-order valence-corrected chi connectivity index (χ2v) is 8.87. The summed E-state index contributed by atoms with van der Waals surface area (Å²) in [5.74, 6) is -2.10. The van der Waals surface area contributed by atoms with Gasteiger partial charge in [-0.05, 0) is 23.9 Å². The zero-order valence-electron chi connectivity index (χ0n) is 15.3. The SMILES string of the molecule is CCN(CC)S(=O)(=O)c1ccc(Sc2nc3cc(F)c(F)cc3[nH]2)c([N+](=O)[O-])c1. The van der Waals surface area contributed by atoms with Crippen molar-refractivity contribution < 1.29 is 22.1 Å². The van der Waals surface area contributed by atoms with Gasteiger partial charge in [-0.3, -0.25) is 10.1 Å². The van der Waals surface area contributed by atoms with Gasteiger partial charge < -0.3 is 4.98 Å². The van der Waals surface area contributed by atoms with E-state index in [1.54, 1.807) is 13.8 Å². The van der Waals surface area contributed by atoms with Crippen LogP contribution in [0.25, 0.3) is 11.0 Å². The molecule has 0 unspecified atom stereocenters. The molecule has 29 heavy (non-hydrogen) atoms. The predicted molar refractivity (Wildman–Crippen MR) is 103 cm³/mol. The van der Waals surface area contributed by atoms with E-state index in [4.69, 9.17) is 0 Å². The number of hydrogen-bond donors (Lipinski definition) is 1. The Morgan fingerprint density at radius 3 is 2.45 bits per heavy atom. The van der Waals surface area contributed by atoms with Gasteiger partial charge in [0.1, 0.15) is 0 Å². The van der Waals surface area contributed by atoms with Gasteiger partial charge in [-0.1, -0.05) is 13.8 Å². The average molecular weight is 442 g/mol. The Morgan fingerprint density at radius 2 is 1.83 bits per heavy atom. The van der Waals surface area contributed by atoms with Crippen molar-refractivity contribution in [1.82, 2.24) is 14.3 Å². The maximum Gasteiger partial charge on any atom is 0.284 e. The topological polar surface area (TPSA) is 109 Å². The van der Waals surface area contributed by atoms with Gasteiger partial charge in [0.15, 0.2) is 16.8 Å². The standard InChI is InChI=1S/C17H16F2N4O4S2/c1-3-22(4-2)29(26,27)10-5-6-16(15(7-10)23(24)25)28-17-20-13-8-11(18)12(19)9-14(13)21-17/h5-9H,3-4H2,1-2H3,(H,20,21). The van der Waals surface area contributed by atoms with Crippen LogP contribution in [-0.4, -0.2) is 40.7 Å². The molecule has 3 rings (SSSR count). The molecule has 0 saturated heterocycles. The summed E-state index contributed by atoms with van der Waals surface area (Å²) < 4.78 is 53.2. The zero-order valence-corrected chi connectivity index (χ0v) is 17.0. The summed E-state index contributed by atoms with van der Waals surface area (Å²) in [6, 6.07) is 5.45. The molecule has 0 fully saturated rings. The number of H-pyrrole nitrogens is 1. The zero-order chi connectivity index (χ0) is 21.3. The van der Waals surface area contributed by atoms with E-state index in [0.29, 0.717) is 0 Å². The molecular weight excluding hydrogens is 426 g/mol. The Bertz CT molecular complexity index is 1150. The van der Waals surface area contributed by atoms with E-state index in [1.165, 1.54) is 16.4 Å². The molecule has 0 radical (unpaired) electrons. The second kappa shape index (κ2) is 8.05. The Labute approximate surface area is 169 Å². The fourth-order valence-corrected chi connectivity index (χ4v) is 5.10. The van der Waals surface area contributed by atoms with Gasteiger partial charge in [0, 0.05) is 31.3 Å². The van der Waals surface area contributed by atoms with Crippen molar-refractivity contribution in [3.8, 4) is 0 Å². The van der Waals surface area contributed by atoms with E-state index in [0.717, 1.165) is 30.0 Å². The van der Waals surface area contributed by atoms with Gasteiger partial charge in [0.2, 0.25) is 10.0 Å². The first kappa shape index (κ1) is 21.1. The second-order valence-electron chi connectivity index (χ2n) is 5.90. The maximum atomic E-state index is 13.4. The molecule has 2 aromatic carbocycles. The minimum atomic E-state index is -3.86. The molecule has 0 aliphatic carbocycles. The van der Waals surface area contributed by atoms with Gasteiger partial charge in [-0.2, -0.15) is 4.31 Å². The van der Waals surface area contributed by atoms with E-state index in [9.17, 15) is 27.3 Å². The number of fused-ring (bicyclic) bond motifs is 1. The van der Waals surface area contributed by atoms with Gasteiger partial charge in [-0.15, -0.1) is 0 Å². The number of aromatic nitrogens is 2. The molecule has 0 spiro atoms. The molecule has 8 nitrogen and oxygen atoms in total. The van der Waals surface area contributed by atoms with Crippen LogP contribution in [0.3, 0.4) is 0 Å². The Balaban J connectivity index is 2.01. The summed E-state index contributed by atoms with van der Waals surface area (Å²) in [6.45, 7) is 3.81. The van der Waals surface area contributed by atoms with Crippen LogP contribution < -0.4 is 0 Å². The number of aromatic amines is 1. The number of rotatable bonds is 7. The largest absolute Gasteiger partial charge is 0.333 e. The number of nitrogens with one attached hydrogen (secondary N) is 1. The lowest BCUT2D eigenvalue weighted by molar-refractivity contribution is -0.388. The van der Waals surface area contributed by atoms with E-state index < -0.39 is 32.3 Å². The van der Waals surface area contributed by atoms with Crippen LogP contribution in [0.15, 0.2) is 45.3 Å². The van der Waals surface area contributed by atoms with Crippen molar-refractivity contribution >= 4 is 38.5 Å². The smallest absolute Gasteiger partial charge is 0.284 e. The van der Waals surface area contributed by atoms with Gasteiger partial charge >= 0.3 is 0 Å². The number of hydrogen-bond acceptors (Lipinski definition) is 6. The predicted octanol–water partition coefficient (Wildman–Crippen LogP) is 3.93. The highest BCUT2D eigenvalue weighted by atomic mass is 32.2. The molecule has 0 bridgehead atoms. The lowest BCUT2D eigenvalue weighted by Gasteiger charge is -2.18. The van der Waals surface area contributed by atoms with E-state index in [-0.39, 0.29) is 39.1 Å². The maximum absolute atomic E-state index is 13.4. The summed E-state index contributed by atoms with van der Waals surface area (Å²) in [6.07, 6.45) is 0. The van der Waals surface area contributed by atoms with Crippen LogP contribution in [0.4, 0.5) is 14.5 Å². The minimum Gasteiger partial charge on any atom is -0.333 e. The Hall–Kier alpha value is -2.57. The first-order valence-corrected chi connectivity index (χ1v) is 10.7. The Kier molecular flexibility index (Phi) is 5.87. The molecule has 0 aliphatic rings. The van der Waals surface area contributed by atoms with Crippen molar-refractivity contribution in [2.24, 2.45) is 0 Å². The van der Waals surface area contributed by atoms with E-state index >= 15 is 0 Å². The van der Waals surface area contributed by atoms with Crippen molar-refractivity contribution in [2.45, 2.75) is 28.8 Å². The third-order valence-electron chi connectivity index (χ3n) is 4.18. The summed E-state index contributed by atoms with van der Waals surface area (Å²) in [5.41, 5.74) is -0.0226. The highest BCUT2D eigenvalue weighted by Gasteiger charge is 2.26. The van der Waals surface area contributed by atoms with E-state index in [2.05, 4.69) is 9.97 Å². The third kappa shape index (κ3) is 4.09. The van der Waals surface area contributed by atoms with Crippen molar-refractivity contribution in [3.63, 3.8) is 0 Å². The van der Waals surface area contributed by atoms with Crippen LogP contribution in [0.1, 0.15) is 13.8 Å². The molecule has 0 amide bonds. The molecule has 0 aliphatic heterocycles. The van der Waals surface area contributed by atoms with Gasteiger partial charge in [0.05, 0.1) is 25.7 Å². The summed E-state index contributed by atoms with van der Waals surface area (Å²) >= 11 is 0.858. The normalized spacial score (nSPS) is 12.0. The van der Waals surface area contributed by atoms with Crippen LogP contribution in [0, 0.1) is 21.7 Å².